The Morgan fingerprint density at radius 3 is 2.88 bits per heavy atom. The number of carbonyl (C=O) groups is 3. The number of Topliss-reactive ketones (excluding diaryl/α,β-unsaturated/α-hetero) is 1. The van der Waals surface area contributed by atoms with E-state index >= 15 is 0 Å². The number of hydrogen-bond donors (Lipinski definition) is 0. The lowest BCUT2D eigenvalue weighted by atomic mass is 9.66. The fourth-order valence-corrected chi connectivity index (χ4v) is 2.88. The Morgan fingerprint density at radius 1 is 1.41 bits per heavy atom. The highest BCUT2D eigenvalue weighted by molar-refractivity contribution is 6.09. The van der Waals surface area contributed by atoms with Gasteiger partial charge in [0.25, 0.3) is 0 Å². The quantitative estimate of drug-likeness (QED) is 0.510. The van der Waals surface area contributed by atoms with Gasteiger partial charge in [-0.25, -0.2) is 0 Å². The van der Waals surface area contributed by atoms with E-state index < -0.39 is 11.4 Å². The standard InChI is InChI=1S/C13H16O4/c1-17-12(16)13-7-6-10(14)8-9(13)4-2-3-5-11(13)15/h6-7,9H,2-5,8H2,1H3. The van der Waals surface area contributed by atoms with Gasteiger partial charge in [0.05, 0.1) is 7.11 Å². The largest absolute Gasteiger partial charge is 0.468 e. The Kier molecular flexibility index (Phi) is 3.13. The molecule has 0 aromatic rings. The molecule has 1 saturated carbocycles. The highest BCUT2D eigenvalue weighted by Gasteiger charge is 2.53. The molecule has 0 spiro atoms. The van der Waals surface area contributed by atoms with Gasteiger partial charge in [0.1, 0.15) is 5.41 Å². The van der Waals surface area contributed by atoms with Crippen LogP contribution in [-0.2, 0) is 19.1 Å². The fraction of sp³-hybridized carbons (Fsp3) is 0.615. The van der Waals surface area contributed by atoms with Gasteiger partial charge in [-0.1, -0.05) is 12.5 Å². The van der Waals surface area contributed by atoms with E-state index in [1.807, 2.05) is 0 Å². The van der Waals surface area contributed by atoms with Crippen molar-refractivity contribution < 1.29 is 19.1 Å². The minimum absolute atomic E-state index is 0.00997. The van der Waals surface area contributed by atoms with Gasteiger partial charge in [-0.3, -0.25) is 14.4 Å². The van der Waals surface area contributed by atoms with Crippen LogP contribution in [0.25, 0.3) is 0 Å². The summed E-state index contributed by atoms with van der Waals surface area (Å²) in [7, 11) is 1.29. The molecule has 0 saturated heterocycles. The number of rotatable bonds is 1. The van der Waals surface area contributed by atoms with Crippen LogP contribution in [0.4, 0.5) is 0 Å². The van der Waals surface area contributed by atoms with Gasteiger partial charge in [-0.05, 0) is 24.8 Å². The topological polar surface area (TPSA) is 60.4 Å². The van der Waals surface area contributed by atoms with Crippen LogP contribution in [-0.4, -0.2) is 24.6 Å². The summed E-state index contributed by atoms with van der Waals surface area (Å²) in [5, 5.41) is 0. The first-order valence-corrected chi connectivity index (χ1v) is 5.95. The molecule has 0 radical (unpaired) electrons. The zero-order valence-corrected chi connectivity index (χ0v) is 9.90. The second kappa shape index (κ2) is 4.43. The normalized spacial score (nSPS) is 32.9. The minimum Gasteiger partial charge on any atom is -0.468 e. The monoisotopic (exact) mass is 236 g/mol. The van der Waals surface area contributed by atoms with Crippen molar-refractivity contribution in [3.8, 4) is 0 Å². The predicted molar refractivity (Wildman–Crippen MR) is 60.2 cm³/mol. The molecule has 0 aromatic carbocycles. The van der Waals surface area contributed by atoms with Gasteiger partial charge in [-0.15, -0.1) is 0 Å². The molecule has 0 aliphatic heterocycles. The smallest absolute Gasteiger partial charge is 0.323 e. The Morgan fingerprint density at radius 2 is 2.18 bits per heavy atom. The van der Waals surface area contributed by atoms with E-state index in [-0.39, 0.29) is 23.9 Å². The number of carbonyl (C=O) groups excluding carboxylic acids is 3. The Bertz CT molecular complexity index is 396. The number of allylic oxidation sites excluding steroid dienone is 1. The highest BCUT2D eigenvalue weighted by atomic mass is 16.5. The van der Waals surface area contributed by atoms with Crippen LogP contribution < -0.4 is 0 Å². The zero-order chi connectivity index (χ0) is 12.5. The Hall–Kier alpha value is -1.45. The Balaban J connectivity index is 2.49. The summed E-state index contributed by atoms with van der Waals surface area (Å²) in [6.07, 6.45) is 5.91. The van der Waals surface area contributed by atoms with E-state index in [0.29, 0.717) is 6.42 Å². The van der Waals surface area contributed by atoms with E-state index in [1.165, 1.54) is 19.3 Å². The van der Waals surface area contributed by atoms with Crippen molar-refractivity contribution in [2.45, 2.75) is 32.1 Å². The van der Waals surface area contributed by atoms with Gasteiger partial charge in [0.2, 0.25) is 0 Å². The third kappa shape index (κ3) is 1.81. The van der Waals surface area contributed by atoms with Crippen LogP contribution in [0.3, 0.4) is 0 Å². The number of methoxy groups -OCH3 is 1. The summed E-state index contributed by atoms with van der Waals surface area (Å²) in [6.45, 7) is 0. The van der Waals surface area contributed by atoms with E-state index in [2.05, 4.69) is 0 Å². The van der Waals surface area contributed by atoms with Crippen LogP contribution >= 0.6 is 0 Å². The molecule has 0 heterocycles. The van der Waals surface area contributed by atoms with Crippen LogP contribution in [0.15, 0.2) is 12.2 Å². The van der Waals surface area contributed by atoms with E-state index in [1.54, 1.807) is 0 Å². The molecule has 2 aliphatic carbocycles. The highest BCUT2D eigenvalue weighted by Crippen LogP contribution is 2.44. The number of hydrogen-bond acceptors (Lipinski definition) is 4. The molecule has 0 amide bonds. The maximum atomic E-state index is 12.2. The average Bonchev–Trinajstić information content (AvgIpc) is 2.49. The van der Waals surface area contributed by atoms with Crippen molar-refractivity contribution in [3.05, 3.63) is 12.2 Å². The van der Waals surface area contributed by atoms with Gasteiger partial charge >= 0.3 is 5.97 Å². The van der Waals surface area contributed by atoms with E-state index in [4.69, 9.17) is 4.74 Å². The summed E-state index contributed by atoms with van der Waals surface area (Å²) in [5.41, 5.74) is -1.20. The van der Waals surface area contributed by atoms with E-state index in [9.17, 15) is 14.4 Å². The number of esters is 1. The minimum atomic E-state index is -1.20. The van der Waals surface area contributed by atoms with Crippen LogP contribution in [0, 0.1) is 11.3 Å². The van der Waals surface area contributed by atoms with Gasteiger partial charge in [-0.2, -0.15) is 0 Å². The van der Waals surface area contributed by atoms with Gasteiger partial charge < -0.3 is 4.74 Å². The summed E-state index contributed by atoms with van der Waals surface area (Å²) < 4.78 is 4.79. The lowest BCUT2D eigenvalue weighted by Gasteiger charge is -2.34. The molecule has 17 heavy (non-hydrogen) atoms. The van der Waals surface area contributed by atoms with Crippen molar-refractivity contribution in [1.29, 1.82) is 0 Å². The number of fused-ring (bicyclic) bond motifs is 1. The maximum Gasteiger partial charge on any atom is 0.323 e. The van der Waals surface area contributed by atoms with Gasteiger partial charge in [0, 0.05) is 12.8 Å². The first-order chi connectivity index (χ1) is 8.11. The molecule has 2 aliphatic rings. The number of ether oxygens (including phenoxy) is 1. The molecule has 4 nitrogen and oxygen atoms in total. The molecule has 2 rings (SSSR count). The van der Waals surface area contributed by atoms with Crippen LogP contribution in [0.1, 0.15) is 32.1 Å². The third-order valence-electron chi connectivity index (χ3n) is 3.81. The molecule has 92 valence electrons. The van der Waals surface area contributed by atoms with Crippen molar-refractivity contribution in [1.82, 2.24) is 0 Å². The maximum absolute atomic E-state index is 12.2. The second-order valence-corrected chi connectivity index (χ2v) is 4.73. The summed E-state index contributed by atoms with van der Waals surface area (Å²) in [4.78, 5) is 35.6. The van der Waals surface area contributed by atoms with Gasteiger partial charge in [0.15, 0.2) is 11.6 Å². The third-order valence-corrected chi connectivity index (χ3v) is 3.81. The molecule has 1 fully saturated rings. The van der Waals surface area contributed by atoms with Crippen molar-refractivity contribution in [3.63, 3.8) is 0 Å². The number of ketones is 2. The summed E-state index contributed by atoms with van der Waals surface area (Å²) in [5.74, 6) is -0.847. The molecular formula is C13H16O4. The molecule has 0 N–H and O–H groups in total. The van der Waals surface area contributed by atoms with Crippen LogP contribution in [0.2, 0.25) is 0 Å². The first-order valence-electron chi connectivity index (χ1n) is 5.95. The second-order valence-electron chi connectivity index (χ2n) is 4.73. The molecule has 0 aromatic heterocycles. The van der Waals surface area contributed by atoms with Crippen molar-refractivity contribution >= 4 is 17.5 Å². The van der Waals surface area contributed by atoms with Crippen molar-refractivity contribution in [2.75, 3.05) is 7.11 Å². The zero-order valence-electron chi connectivity index (χ0n) is 9.90. The van der Waals surface area contributed by atoms with E-state index in [0.717, 1.165) is 19.3 Å². The predicted octanol–water partition coefficient (Wildman–Crippen LogP) is 1.43. The average molecular weight is 236 g/mol. The fourth-order valence-electron chi connectivity index (χ4n) is 2.88. The lowest BCUT2D eigenvalue weighted by Crippen LogP contribution is -2.46. The molecular weight excluding hydrogens is 220 g/mol. The van der Waals surface area contributed by atoms with Crippen molar-refractivity contribution in [2.24, 2.45) is 11.3 Å². The lowest BCUT2D eigenvalue weighted by molar-refractivity contribution is -0.158. The molecule has 0 bridgehead atoms. The molecule has 2 atom stereocenters. The SMILES string of the molecule is COC(=O)C12C=CC(=O)CC1CCCCC2=O. The summed E-state index contributed by atoms with van der Waals surface area (Å²) in [6, 6.07) is 0. The first kappa shape index (κ1) is 12.0. The molecule has 4 heteroatoms. The Labute approximate surface area is 100 Å². The molecule has 2 unspecified atom stereocenters. The van der Waals surface area contributed by atoms with Crippen LogP contribution in [0.5, 0.6) is 0 Å². The summed E-state index contributed by atoms with van der Waals surface area (Å²) >= 11 is 0.